The van der Waals surface area contributed by atoms with E-state index in [0.29, 0.717) is 24.8 Å². The molecule has 142 valence electrons. The summed E-state index contributed by atoms with van der Waals surface area (Å²) in [7, 11) is -3.54. The van der Waals surface area contributed by atoms with Crippen LogP contribution in [0.5, 0.6) is 5.75 Å². The highest BCUT2D eigenvalue weighted by Crippen LogP contribution is 2.27. The summed E-state index contributed by atoms with van der Waals surface area (Å²) < 4.78 is 33.5. The maximum Gasteiger partial charge on any atom is 0.240 e. The van der Waals surface area contributed by atoms with Crippen molar-refractivity contribution in [3.63, 3.8) is 0 Å². The summed E-state index contributed by atoms with van der Waals surface area (Å²) in [4.78, 5) is 6.79. The predicted octanol–water partition coefficient (Wildman–Crippen LogP) is 3.13. The standard InChI is InChI=1S/C18H25N3O3S2/c1-14(2)13-24-16-5-7-17(8-6-16)26(22,23)20-12-15-4-3-10-21(15)18-19-9-11-25-18/h5-9,11,14-15,20H,3-4,10,12-13H2,1-2H3. The Morgan fingerprint density at radius 3 is 2.77 bits per heavy atom. The van der Waals surface area contributed by atoms with Crippen molar-refractivity contribution < 1.29 is 13.2 Å². The molecule has 1 atom stereocenters. The smallest absolute Gasteiger partial charge is 0.240 e. The van der Waals surface area contributed by atoms with E-state index in [4.69, 9.17) is 4.74 Å². The lowest BCUT2D eigenvalue weighted by atomic mass is 10.2. The Morgan fingerprint density at radius 2 is 2.12 bits per heavy atom. The second-order valence-corrected chi connectivity index (χ2v) is 9.47. The van der Waals surface area contributed by atoms with Crippen molar-refractivity contribution in [2.75, 3.05) is 24.6 Å². The highest BCUT2D eigenvalue weighted by atomic mass is 32.2. The number of anilines is 1. The molecule has 0 spiro atoms. The average molecular weight is 396 g/mol. The van der Waals surface area contributed by atoms with Crippen molar-refractivity contribution in [2.24, 2.45) is 5.92 Å². The number of nitrogens with zero attached hydrogens (tertiary/aromatic N) is 2. The molecule has 2 heterocycles. The molecule has 26 heavy (non-hydrogen) atoms. The molecule has 1 aliphatic heterocycles. The first-order chi connectivity index (χ1) is 12.5. The fourth-order valence-corrected chi connectivity index (χ4v) is 4.74. The zero-order valence-corrected chi connectivity index (χ0v) is 16.7. The van der Waals surface area contributed by atoms with Crippen molar-refractivity contribution >= 4 is 26.5 Å². The van der Waals surface area contributed by atoms with E-state index in [-0.39, 0.29) is 10.9 Å². The first-order valence-electron chi connectivity index (χ1n) is 8.84. The van der Waals surface area contributed by atoms with Crippen LogP contribution in [0.15, 0.2) is 40.7 Å². The molecule has 0 bridgehead atoms. The van der Waals surface area contributed by atoms with Crippen molar-refractivity contribution in [3.8, 4) is 5.75 Å². The molecule has 0 saturated carbocycles. The van der Waals surface area contributed by atoms with Crippen LogP contribution in [0.2, 0.25) is 0 Å². The van der Waals surface area contributed by atoms with Crippen LogP contribution < -0.4 is 14.4 Å². The summed E-state index contributed by atoms with van der Waals surface area (Å²) in [6, 6.07) is 6.73. The first kappa shape index (κ1) is 19.1. The second-order valence-electron chi connectivity index (χ2n) is 6.83. The average Bonchev–Trinajstić information content (AvgIpc) is 3.29. The van der Waals surface area contributed by atoms with Gasteiger partial charge in [-0.15, -0.1) is 11.3 Å². The van der Waals surface area contributed by atoms with Gasteiger partial charge in [0, 0.05) is 30.7 Å². The van der Waals surface area contributed by atoms with Crippen LogP contribution in [0.3, 0.4) is 0 Å². The lowest BCUT2D eigenvalue weighted by Crippen LogP contribution is -2.40. The molecule has 8 heteroatoms. The highest BCUT2D eigenvalue weighted by molar-refractivity contribution is 7.89. The summed E-state index contributed by atoms with van der Waals surface area (Å²) in [5, 5.41) is 2.90. The van der Waals surface area contributed by atoms with E-state index in [2.05, 4.69) is 28.5 Å². The van der Waals surface area contributed by atoms with Crippen LogP contribution in [0.1, 0.15) is 26.7 Å². The van der Waals surface area contributed by atoms with E-state index in [9.17, 15) is 8.42 Å². The lowest BCUT2D eigenvalue weighted by molar-refractivity contribution is 0.271. The van der Waals surface area contributed by atoms with E-state index in [0.717, 1.165) is 24.5 Å². The van der Waals surface area contributed by atoms with Crippen LogP contribution in [0.25, 0.3) is 0 Å². The predicted molar refractivity (Wildman–Crippen MR) is 104 cm³/mol. The Balaban J connectivity index is 1.60. The second kappa shape index (κ2) is 8.37. The van der Waals surface area contributed by atoms with E-state index in [1.807, 2.05) is 5.38 Å². The molecule has 3 rings (SSSR count). The number of benzene rings is 1. The fourth-order valence-electron chi connectivity index (χ4n) is 2.92. The number of ether oxygens (including phenoxy) is 1. The van der Waals surface area contributed by atoms with Gasteiger partial charge in [-0.25, -0.2) is 18.1 Å². The number of hydrogen-bond acceptors (Lipinski definition) is 6. The van der Waals surface area contributed by atoms with Crippen LogP contribution in [0.4, 0.5) is 5.13 Å². The third-order valence-corrected chi connectivity index (χ3v) is 6.52. The molecule has 1 aromatic carbocycles. The summed E-state index contributed by atoms with van der Waals surface area (Å²) in [6.45, 7) is 6.05. The summed E-state index contributed by atoms with van der Waals surface area (Å²) in [6.07, 6.45) is 3.79. The van der Waals surface area contributed by atoms with Gasteiger partial charge in [0.25, 0.3) is 0 Å². The summed E-state index contributed by atoms with van der Waals surface area (Å²) in [5.41, 5.74) is 0. The number of nitrogens with one attached hydrogen (secondary N) is 1. The zero-order chi connectivity index (χ0) is 18.6. The topological polar surface area (TPSA) is 71.5 Å². The van der Waals surface area contributed by atoms with Gasteiger partial charge in [0.05, 0.1) is 11.5 Å². The Labute approximate surface area is 159 Å². The summed E-state index contributed by atoms with van der Waals surface area (Å²) in [5.74, 6) is 1.11. The molecule has 6 nitrogen and oxygen atoms in total. The molecule has 1 aliphatic rings. The van der Waals surface area contributed by atoms with Crippen molar-refractivity contribution in [2.45, 2.75) is 37.6 Å². The van der Waals surface area contributed by atoms with Gasteiger partial charge in [0.2, 0.25) is 10.0 Å². The van der Waals surface area contributed by atoms with E-state index < -0.39 is 10.0 Å². The van der Waals surface area contributed by atoms with Gasteiger partial charge in [-0.2, -0.15) is 0 Å². The Morgan fingerprint density at radius 1 is 1.35 bits per heavy atom. The first-order valence-corrected chi connectivity index (χ1v) is 11.2. The minimum atomic E-state index is -3.54. The molecule has 1 saturated heterocycles. The molecule has 0 aliphatic carbocycles. The molecule has 1 aromatic heterocycles. The Hall–Kier alpha value is -1.64. The molecule has 2 aromatic rings. The van der Waals surface area contributed by atoms with E-state index >= 15 is 0 Å². The van der Waals surface area contributed by atoms with Gasteiger partial charge in [-0.05, 0) is 43.0 Å². The lowest BCUT2D eigenvalue weighted by Gasteiger charge is -2.24. The maximum atomic E-state index is 12.6. The van der Waals surface area contributed by atoms with Crippen LogP contribution in [-0.4, -0.2) is 39.1 Å². The van der Waals surface area contributed by atoms with E-state index in [1.165, 1.54) is 0 Å². The molecular weight excluding hydrogens is 370 g/mol. The van der Waals surface area contributed by atoms with Crippen molar-refractivity contribution in [3.05, 3.63) is 35.8 Å². The number of sulfonamides is 1. The third kappa shape index (κ3) is 4.75. The van der Waals surface area contributed by atoms with Gasteiger partial charge in [-0.3, -0.25) is 0 Å². The minimum Gasteiger partial charge on any atom is -0.493 e. The molecule has 0 radical (unpaired) electrons. The van der Waals surface area contributed by atoms with Gasteiger partial charge >= 0.3 is 0 Å². The van der Waals surface area contributed by atoms with Crippen LogP contribution in [-0.2, 0) is 10.0 Å². The van der Waals surface area contributed by atoms with Gasteiger partial charge in [0.1, 0.15) is 5.75 Å². The van der Waals surface area contributed by atoms with Crippen LogP contribution >= 0.6 is 11.3 Å². The Kier molecular flexibility index (Phi) is 6.16. The number of hydrogen-bond donors (Lipinski definition) is 1. The number of aromatic nitrogens is 1. The van der Waals surface area contributed by atoms with Gasteiger partial charge < -0.3 is 9.64 Å². The van der Waals surface area contributed by atoms with Crippen molar-refractivity contribution in [1.82, 2.24) is 9.71 Å². The highest BCUT2D eigenvalue weighted by Gasteiger charge is 2.27. The SMILES string of the molecule is CC(C)COc1ccc(S(=O)(=O)NCC2CCCN2c2nccs2)cc1. The normalized spacial score (nSPS) is 17.8. The van der Waals surface area contributed by atoms with Crippen molar-refractivity contribution in [1.29, 1.82) is 0 Å². The quantitative estimate of drug-likeness (QED) is 0.744. The molecule has 0 amide bonds. The monoisotopic (exact) mass is 395 g/mol. The molecular formula is C18H25N3O3S2. The van der Waals surface area contributed by atoms with Gasteiger partial charge in [0.15, 0.2) is 5.13 Å². The molecule has 1 unspecified atom stereocenters. The van der Waals surface area contributed by atoms with Gasteiger partial charge in [-0.1, -0.05) is 13.8 Å². The van der Waals surface area contributed by atoms with Crippen LogP contribution in [0, 0.1) is 5.92 Å². The zero-order valence-electron chi connectivity index (χ0n) is 15.1. The third-order valence-electron chi connectivity index (χ3n) is 4.27. The minimum absolute atomic E-state index is 0.143. The maximum absolute atomic E-state index is 12.6. The summed E-state index contributed by atoms with van der Waals surface area (Å²) >= 11 is 1.59. The Bertz CT molecular complexity index is 790. The number of rotatable bonds is 8. The molecule has 1 N–H and O–H groups in total. The largest absolute Gasteiger partial charge is 0.493 e. The molecule has 1 fully saturated rings. The van der Waals surface area contributed by atoms with E-state index in [1.54, 1.807) is 41.8 Å². The number of thiazole rings is 1. The fraction of sp³-hybridized carbons (Fsp3) is 0.500.